The van der Waals surface area contributed by atoms with Gasteiger partial charge in [0, 0.05) is 49.4 Å². The Labute approximate surface area is 167 Å². The van der Waals surface area contributed by atoms with Gasteiger partial charge in [-0.3, -0.25) is 4.90 Å². The fraction of sp³-hybridized carbons (Fsp3) is 0.300. The van der Waals surface area contributed by atoms with E-state index in [-0.39, 0.29) is 0 Å². The highest BCUT2D eigenvalue weighted by atomic mass is 32.1. The van der Waals surface area contributed by atoms with Crippen LogP contribution in [-0.2, 0) is 0 Å². The molecule has 4 heterocycles. The molecule has 5 rings (SSSR count). The third-order valence-electron chi connectivity index (χ3n) is 5.30. The Bertz CT molecular complexity index is 1050. The number of hydrogen-bond donors (Lipinski definition) is 0. The highest BCUT2D eigenvalue weighted by Gasteiger charge is 2.25. The van der Waals surface area contributed by atoms with Crippen LogP contribution in [0, 0.1) is 0 Å². The topological polar surface area (TPSA) is 62.5 Å². The zero-order valence-corrected chi connectivity index (χ0v) is 16.5. The third kappa shape index (κ3) is 3.14. The Hall–Kier alpha value is -2.84. The second kappa shape index (κ2) is 7.29. The van der Waals surface area contributed by atoms with Crippen LogP contribution >= 0.6 is 11.3 Å². The SMILES string of the molecule is CC(c1nccs1)N1CCN(c2cc(-c3ccccc3)nc3ncnn23)CC1. The van der Waals surface area contributed by atoms with Gasteiger partial charge in [-0.05, 0) is 6.92 Å². The summed E-state index contributed by atoms with van der Waals surface area (Å²) in [7, 11) is 0. The van der Waals surface area contributed by atoms with E-state index >= 15 is 0 Å². The minimum absolute atomic E-state index is 0.353. The summed E-state index contributed by atoms with van der Waals surface area (Å²) in [5.41, 5.74) is 2.01. The number of hydrogen-bond acceptors (Lipinski definition) is 7. The van der Waals surface area contributed by atoms with Crippen molar-refractivity contribution in [1.29, 1.82) is 0 Å². The lowest BCUT2D eigenvalue weighted by Gasteiger charge is -2.38. The first-order valence-electron chi connectivity index (χ1n) is 9.44. The van der Waals surface area contributed by atoms with Crippen LogP contribution in [0.2, 0.25) is 0 Å². The van der Waals surface area contributed by atoms with E-state index in [9.17, 15) is 0 Å². The van der Waals surface area contributed by atoms with Gasteiger partial charge in [-0.25, -0.2) is 9.97 Å². The minimum atomic E-state index is 0.353. The van der Waals surface area contributed by atoms with Gasteiger partial charge >= 0.3 is 0 Å². The van der Waals surface area contributed by atoms with E-state index in [1.807, 2.05) is 34.3 Å². The zero-order chi connectivity index (χ0) is 18.9. The Morgan fingerprint density at radius 2 is 1.86 bits per heavy atom. The first kappa shape index (κ1) is 17.3. The Morgan fingerprint density at radius 1 is 1.04 bits per heavy atom. The van der Waals surface area contributed by atoms with E-state index in [2.05, 4.69) is 55.0 Å². The highest BCUT2D eigenvalue weighted by molar-refractivity contribution is 7.09. The van der Waals surface area contributed by atoms with Crippen molar-refractivity contribution in [1.82, 2.24) is 29.5 Å². The predicted molar refractivity (Wildman–Crippen MR) is 111 cm³/mol. The summed E-state index contributed by atoms with van der Waals surface area (Å²) in [6.45, 7) is 6.08. The van der Waals surface area contributed by atoms with Crippen LogP contribution in [0.25, 0.3) is 17.0 Å². The molecule has 1 saturated heterocycles. The van der Waals surface area contributed by atoms with E-state index < -0.39 is 0 Å². The molecular weight excluding hydrogens is 370 g/mol. The summed E-state index contributed by atoms with van der Waals surface area (Å²) in [5.74, 6) is 1.68. The van der Waals surface area contributed by atoms with Crippen molar-refractivity contribution in [2.45, 2.75) is 13.0 Å². The molecule has 0 bridgehead atoms. The van der Waals surface area contributed by atoms with Gasteiger partial charge < -0.3 is 4.90 Å². The molecule has 28 heavy (non-hydrogen) atoms. The molecule has 0 spiro atoms. The van der Waals surface area contributed by atoms with Gasteiger partial charge in [0.2, 0.25) is 0 Å². The fourth-order valence-corrected chi connectivity index (χ4v) is 4.44. The van der Waals surface area contributed by atoms with Crippen molar-refractivity contribution >= 4 is 22.9 Å². The maximum absolute atomic E-state index is 4.68. The summed E-state index contributed by atoms with van der Waals surface area (Å²) in [6.07, 6.45) is 3.46. The Kier molecular flexibility index (Phi) is 4.50. The first-order valence-corrected chi connectivity index (χ1v) is 10.3. The molecule has 1 aliphatic rings. The second-order valence-electron chi connectivity index (χ2n) is 6.91. The summed E-state index contributed by atoms with van der Waals surface area (Å²) >= 11 is 1.73. The van der Waals surface area contributed by atoms with Crippen LogP contribution in [0.1, 0.15) is 18.0 Å². The van der Waals surface area contributed by atoms with Crippen LogP contribution in [0.4, 0.5) is 5.82 Å². The van der Waals surface area contributed by atoms with Crippen molar-refractivity contribution in [3.63, 3.8) is 0 Å². The molecule has 4 aromatic rings. The van der Waals surface area contributed by atoms with Crippen LogP contribution in [0.3, 0.4) is 0 Å². The molecule has 0 aliphatic carbocycles. The van der Waals surface area contributed by atoms with E-state index in [0.717, 1.165) is 43.3 Å². The van der Waals surface area contributed by atoms with E-state index in [4.69, 9.17) is 0 Å². The van der Waals surface area contributed by atoms with Gasteiger partial charge in [0.1, 0.15) is 17.2 Å². The predicted octanol–water partition coefficient (Wildman–Crippen LogP) is 3.13. The number of anilines is 1. The van der Waals surface area contributed by atoms with Crippen molar-refractivity contribution in [3.8, 4) is 11.3 Å². The summed E-state index contributed by atoms with van der Waals surface area (Å²) in [4.78, 5) is 18.4. The molecule has 7 nitrogen and oxygen atoms in total. The molecule has 1 fully saturated rings. The molecule has 0 saturated carbocycles. The van der Waals surface area contributed by atoms with Crippen molar-refractivity contribution in [2.75, 3.05) is 31.1 Å². The van der Waals surface area contributed by atoms with Crippen molar-refractivity contribution < 1.29 is 0 Å². The van der Waals surface area contributed by atoms with Gasteiger partial charge in [0.25, 0.3) is 5.78 Å². The summed E-state index contributed by atoms with van der Waals surface area (Å²) in [5, 5.41) is 7.63. The van der Waals surface area contributed by atoms with Gasteiger partial charge in [-0.1, -0.05) is 30.3 Å². The van der Waals surface area contributed by atoms with Gasteiger partial charge in [0.15, 0.2) is 0 Å². The average Bonchev–Trinajstić information content (AvgIpc) is 3.45. The van der Waals surface area contributed by atoms with Crippen LogP contribution in [0.15, 0.2) is 54.3 Å². The normalized spacial score (nSPS) is 16.5. The first-order chi connectivity index (χ1) is 13.8. The lowest BCUT2D eigenvalue weighted by atomic mass is 10.1. The standard InChI is InChI=1S/C20H21N7S/c1-15(19-21-7-12-28-19)25-8-10-26(11-9-25)18-13-17(16-5-3-2-4-6-16)24-20-22-14-23-27(18)20/h2-7,12-15H,8-11H2,1H3. The number of nitrogens with zero attached hydrogens (tertiary/aromatic N) is 7. The molecule has 1 aromatic carbocycles. The summed E-state index contributed by atoms with van der Waals surface area (Å²) < 4.78 is 1.84. The molecule has 8 heteroatoms. The fourth-order valence-electron chi connectivity index (χ4n) is 3.71. The molecule has 0 radical (unpaired) electrons. The Balaban J connectivity index is 1.41. The molecule has 1 unspecified atom stereocenters. The van der Waals surface area contributed by atoms with Crippen molar-refractivity contribution in [3.05, 3.63) is 59.3 Å². The van der Waals surface area contributed by atoms with Gasteiger partial charge in [-0.2, -0.15) is 14.6 Å². The molecule has 142 valence electrons. The monoisotopic (exact) mass is 391 g/mol. The lowest BCUT2D eigenvalue weighted by molar-refractivity contribution is 0.197. The van der Waals surface area contributed by atoms with Crippen LogP contribution < -0.4 is 4.90 Å². The van der Waals surface area contributed by atoms with Gasteiger partial charge in [0.05, 0.1) is 11.7 Å². The molecule has 1 atom stereocenters. The number of benzene rings is 1. The van der Waals surface area contributed by atoms with Crippen molar-refractivity contribution in [2.24, 2.45) is 0 Å². The quantitative estimate of drug-likeness (QED) is 0.533. The third-order valence-corrected chi connectivity index (χ3v) is 6.24. The van der Waals surface area contributed by atoms with E-state index in [0.29, 0.717) is 11.8 Å². The van der Waals surface area contributed by atoms with E-state index in [1.54, 1.807) is 17.7 Å². The average molecular weight is 392 g/mol. The second-order valence-corrected chi connectivity index (χ2v) is 7.83. The number of piperazine rings is 1. The molecule has 1 aliphatic heterocycles. The molecular formula is C20H21N7S. The van der Waals surface area contributed by atoms with Crippen LogP contribution in [0.5, 0.6) is 0 Å². The van der Waals surface area contributed by atoms with E-state index in [1.165, 1.54) is 5.01 Å². The number of fused-ring (bicyclic) bond motifs is 1. The minimum Gasteiger partial charge on any atom is -0.354 e. The maximum atomic E-state index is 4.68. The highest BCUT2D eigenvalue weighted by Crippen LogP contribution is 2.27. The van der Waals surface area contributed by atoms with Crippen LogP contribution in [-0.4, -0.2) is 55.6 Å². The Morgan fingerprint density at radius 3 is 2.61 bits per heavy atom. The number of aromatic nitrogens is 5. The van der Waals surface area contributed by atoms with Gasteiger partial charge in [-0.15, -0.1) is 11.3 Å². The number of thiazole rings is 1. The summed E-state index contributed by atoms with van der Waals surface area (Å²) in [6, 6.07) is 12.7. The zero-order valence-electron chi connectivity index (χ0n) is 15.6. The maximum Gasteiger partial charge on any atom is 0.254 e. The largest absolute Gasteiger partial charge is 0.354 e. The molecule has 0 N–H and O–H groups in total. The number of rotatable bonds is 4. The smallest absolute Gasteiger partial charge is 0.254 e. The molecule has 3 aromatic heterocycles. The lowest BCUT2D eigenvalue weighted by Crippen LogP contribution is -2.47. The molecule has 0 amide bonds.